The van der Waals surface area contributed by atoms with Gasteiger partial charge in [0.25, 0.3) is 0 Å². The molecule has 6 nitrogen and oxygen atoms in total. The van der Waals surface area contributed by atoms with Crippen molar-refractivity contribution in [2.75, 3.05) is 7.11 Å². The van der Waals surface area contributed by atoms with Gasteiger partial charge in [-0.1, -0.05) is 6.07 Å². The summed E-state index contributed by atoms with van der Waals surface area (Å²) in [6.07, 6.45) is 0. The Morgan fingerprint density at radius 2 is 2.16 bits per heavy atom. The van der Waals surface area contributed by atoms with Crippen LogP contribution in [0.1, 0.15) is 5.56 Å². The van der Waals surface area contributed by atoms with E-state index in [1.54, 1.807) is 22.9 Å². The molecule has 1 aromatic heterocycles. The Kier molecular flexibility index (Phi) is 4.20. The molecule has 0 aliphatic heterocycles. The highest BCUT2D eigenvalue weighted by Crippen LogP contribution is 2.28. The quantitative estimate of drug-likeness (QED) is 0.592. The number of aromatic nitrogens is 2. The Bertz CT molecular complexity index is 628. The zero-order valence-corrected chi connectivity index (χ0v) is 13.0. The van der Waals surface area contributed by atoms with Gasteiger partial charge in [-0.2, -0.15) is 5.10 Å². The fourth-order valence-electron chi connectivity index (χ4n) is 1.63. The Balaban J connectivity index is 2.33. The minimum Gasteiger partial charge on any atom is -0.490 e. The molecule has 0 aliphatic rings. The zero-order valence-electron chi connectivity index (χ0n) is 9.84. The summed E-state index contributed by atoms with van der Waals surface area (Å²) in [5, 5.41) is 15.2. The molecule has 0 saturated carbocycles. The SMILES string of the molecule is COc1ccc(Cn2nc(Br)cc2Br)cc1[N+](=O)[O-]. The van der Waals surface area contributed by atoms with Crippen LogP contribution in [0.5, 0.6) is 5.75 Å². The highest BCUT2D eigenvalue weighted by Gasteiger charge is 2.15. The summed E-state index contributed by atoms with van der Waals surface area (Å²) in [5.74, 6) is 0.245. The van der Waals surface area contributed by atoms with Crippen molar-refractivity contribution in [1.82, 2.24) is 9.78 Å². The number of nitrogens with zero attached hydrogens (tertiary/aromatic N) is 3. The van der Waals surface area contributed by atoms with E-state index >= 15 is 0 Å². The van der Waals surface area contributed by atoms with Crippen LogP contribution in [-0.4, -0.2) is 21.8 Å². The molecular weight excluding hydrogens is 382 g/mol. The van der Waals surface area contributed by atoms with Gasteiger partial charge < -0.3 is 4.74 Å². The summed E-state index contributed by atoms with van der Waals surface area (Å²) < 4.78 is 8.14. The van der Waals surface area contributed by atoms with E-state index in [4.69, 9.17) is 4.74 Å². The number of halogens is 2. The molecule has 0 bridgehead atoms. The second-order valence-corrected chi connectivity index (χ2v) is 5.34. The lowest BCUT2D eigenvalue weighted by Crippen LogP contribution is -2.03. The van der Waals surface area contributed by atoms with Crippen molar-refractivity contribution in [2.45, 2.75) is 6.54 Å². The minimum atomic E-state index is -0.462. The predicted molar refractivity (Wildman–Crippen MR) is 76.4 cm³/mol. The van der Waals surface area contributed by atoms with Gasteiger partial charge in [0.15, 0.2) is 5.75 Å². The minimum absolute atomic E-state index is 0.0534. The van der Waals surface area contributed by atoms with Gasteiger partial charge in [-0.05, 0) is 43.5 Å². The number of benzene rings is 1. The molecule has 2 aromatic rings. The Hall–Kier alpha value is -1.41. The van der Waals surface area contributed by atoms with Crippen molar-refractivity contribution in [3.8, 4) is 5.75 Å². The molecule has 19 heavy (non-hydrogen) atoms. The van der Waals surface area contributed by atoms with Crippen LogP contribution >= 0.6 is 31.9 Å². The largest absolute Gasteiger partial charge is 0.490 e. The molecule has 0 spiro atoms. The van der Waals surface area contributed by atoms with Crippen LogP contribution < -0.4 is 4.74 Å². The Labute approximate surface area is 125 Å². The van der Waals surface area contributed by atoms with Gasteiger partial charge in [-0.15, -0.1) is 0 Å². The number of methoxy groups -OCH3 is 1. The average molecular weight is 391 g/mol. The van der Waals surface area contributed by atoms with E-state index in [-0.39, 0.29) is 11.4 Å². The first-order chi connectivity index (χ1) is 9.01. The van der Waals surface area contributed by atoms with Crippen LogP contribution in [0.3, 0.4) is 0 Å². The summed E-state index contributed by atoms with van der Waals surface area (Å²) in [6.45, 7) is 0.428. The van der Waals surface area contributed by atoms with Gasteiger partial charge in [-0.3, -0.25) is 14.8 Å². The van der Waals surface area contributed by atoms with E-state index in [1.807, 2.05) is 0 Å². The second-order valence-electron chi connectivity index (χ2n) is 3.71. The molecule has 0 radical (unpaired) electrons. The van der Waals surface area contributed by atoms with Crippen LogP contribution in [0.4, 0.5) is 5.69 Å². The first kappa shape index (κ1) is 14.0. The van der Waals surface area contributed by atoms with Crippen LogP contribution in [-0.2, 0) is 6.54 Å². The second kappa shape index (κ2) is 5.70. The molecule has 0 saturated heterocycles. The summed E-state index contributed by atoms with van der Waals surface area (Å²) in [5.41, 5.74) is 0.714. The van der Waals surface area contributed by atoms with E-state index in [9.17, 15) is 10.1 Å². The number of nitro groups is 1. The van der Waals surface area contributed by atoms with E-state index < -0.39 is 4.92 Å². The Morgan fingerprint density at radius 3 is 2.68 bits per heavy atom. The highest BCUT2D eigenvalue weighted by atomic mass is 79.9. The third-order valence-corrected chi connectivity index (χ3v) is 3.50. The molecule has 1 aromatic carbocycles. The van der Waals surface area contributed by atoms with Crippen LogP contribution in [0.15, 0.2) is 33.5 Å². The normalized spacial score (nSPS) is 10.5. The van der Waals surface area contributed by atoms with Gasteiger partial charge in [0.1, 0.15) is 9.21 Å². The lowest BCUT2D eigenvalue weighted by molar-refractivity contribution is -0.385. The lowest BCUT2D eigenvalue weighted by Gasteiger charge is -2.06. The molecule has 0 amide bonds. The first-order valence-corrected chi connectivity index (χ1v) is 6.80. The average Bonchev–Trinajstić information content (AvgIpc) is 2.67. The van der Waals surface area contributed by atoms with Crippen molar-refractivity contribution >= 4 is 37.5 Å². The van der Waals surface area contributed by atoms with E-state index in [1.165, 1.54) is 13.2 Å². The van der Waals surface area contributed by atoms with Gasteiger partial charge in [0, 0.05) is 12.1 Å². The monoisotopic (exact) mass is 389 g/mol. The van der Waals surface area contributed by atoms with Crippen LogP contribution in [0, 0.1) is 10.1 Å². The van der Waals surface area contributed by atoms with Crippen LogP contribution in [0.2, 0.25) is 0 Å². The summed E-state index contributed by atoms with van der Waals surface area (Å²) in [7, 11) is 1.41. The highest BCUT2D eigenvalue weighted by molar-refractivity contribution is 9.11. The molecule has 0 fully saturated rings. The third-order valence-electron chi connectivity index (χ3n) is 2.47. The van der Waals surface area contributed by atoms with Gasteiger partial charge in [-0.25, -0.2) is 0 Å². The van der Waals surface area contributed by atoms with Crippen molar-refractivity contribution in [3.05, 3.63) is 49.1 Å². The topological polar surface area (TPSA) is 70.2 Å². The molecule has 0 N–H and O–H groups in total. The maximum absolute atomic E-state index is 10.9. The molecule has 100 valence electrons. The third kappa shape index (κ3) is 3.13. The summed E-state index contributed by atoms with van der Waals surface area (Å²) in [6, 6.07) is 6.65. The zero-order chi connectivity index (χ0) is 14.0. The molecule has 0 aliphatic carbocycles. The molecule has 0 atom stereocenters. The molecular formula is C11H9Br2N3O3. The predicted octanol–water partition coefficient (Wildman–Crippen LogP) is 3.37. The fourth-order valence-corrected chi connectivity index (χ4v) is 2.76. The van der Waals surface area contributed by atoms with Crippen molar-refractivity contribution in [2.24, 2.45) is 0 Å². The summed E-state index contributed by atoms with van der Waals surface area (Å²) >= 11 is 6.63. The number of ether oxygens (including phenoxy) is 1. The maximum atomic E-state index is 10.9. The number of rotatable bonds is 4. The number of nitro benzene ring substituents is 1. The first-order valence-electron chi connectivity index (χ1n) is 5.21. The molecule has 2 rings (SSSR count). The van der Waals surface area contributed by atoms with Crippen molar-refractivity contribution in [1.29, 1.82) is 0 Å². The fraction of sp³-hybridized carbons (Fsp3) is 0.182. The van der Waals surface area contributed by atoms with Gasteiger partial charge in [0.05, 0.1) is 18.6 Å². The smallest absolute Gasteiger partial charge is 0.311 e. The van der Waals surface area contributed by atoms with E-state index in [0.29, 0.717) is 11.1 Å². The molecule has 0 unspecified atom stereocenters. The molecule has 1 heterocycles. The van der Waals surface area contributed by atoms with E-state index in [0.717, 1.165) is 10.2 Å². The maximum Gasteiger partial charge on any atom is 0.311 e. The molecule has 8 heteroatoms. The standard InChI is InChI=1S/C11H9Br2N3O3/c1-19-9-3-2-7(4-8(9)16(17)18)6-15-11(13)5-10(12)14-15/h2-5H,6H2,1H3. The van der Waals surface area contributed by atoms with Gasteiger partial charge >= 0.3 is 5.69 Å². The van der Waals surface area contributed by atoms with Crippen molar-refractivity contribution < 1.29 is 9.66 Å². The number of hydrogen-bond acceptors (Lipinski definition) is 4. The summed E-state index contributed by atoms with van der Waals surface area (Å²) in [4.78, 5) is 10.5. The Morgan fingerprint density at radius 1 is 1.42 bits per heavy atom. The van der Waals surface area contributed by atoms with E-state index in [2.05, 4.69) is 37.0 Å². The van der Waals surface area contributed by atoms with Crippen molar-refractivity contribution in [3.63, 3.8) is 0 Å². The lowest BCUT2D eigenvalue weighted by atomic mass is 10.2. The van der Waals surface area contributed by atoms with Gasteiger partial charge in [0.2, 0.25) is 0 Å². The number of hydrogen-bond donors (Lipinski definition) is 0. The van der Waals surface area contributed by atoms with Crippen LogP contribution in [0.25, 0.3) is 0 Å².